The lowest BCUT2D eigenvalue weighted by Gasteiger charge is -2.25. The summed E-state index contributed by atoms with van der Waals surface area (Å²) in [6.45, 7) is 3.72. The second kappa shape index (κ2) is 9.64. The number of rotatable bonds is 9. The number of Topliss-reactive ketones (excluding diaryl/α,β-unsaturated/α-hetero) is 1. The van der Waals surface area contributed by atoms with Gasteiger partial charge >= 0.3 is 0 Å². The molecule has 0 radical (unpaired) electrons. The lowest BCUT2D eigenvalue weighted by Crippen LogP contribution is -2.29. The van der Waals surface area contributed by atoms with Gasteiger partial charge in [0.2, 0.25) is 5.91 Å². The van der Waals surface area contributed by atoms with E-state index in [0.717, 1.165) is 0 Å². The van der Waals surface area contributed by atoms with E-state index in [1.165, 1.54) is 19.1 Å². The molecule has 0 aromatic heterocycles. The zero-order chi connectivity index (χ0) is 20.7. The van der Waals surface area contributed by atoms with Crippen molar-refractivity contribution in [3.63, 3.8) is 0 Å². The fraction of sp³-hybridized carbons (Fsp3) is 0.333. The molecule has 0 aliphatic carbocycles. The minimum absolute atomic E-state index is 0.00180. The van der Waals surface area contributed by atoms with Crippen molar-refractivity contribution in [1.82, 2.24) is 4.90 Å². The summed E-state index contributed by atoms with van der Waals surface area (Å²) in [5.41, 5.74) is 1.35. The number of carbonyl (C=O) groups excluding carboxylic acids is 2. The molecule has 0 aliphatic heterocycles. The number of non-ortho nitro benzene ring substituents is 1. The number of nitro benzene ring substituents is 1. The number of amides is 1. The van der Waals surface area contributed by atoms with Crippen LogP contribution >= 0.6 is 0 Å². The molecule has 7 heteroatoms. The van der Waals surface area contributed by atoms with Crippen LogP contribution < -0.4 is 4.74 Å². The van der Waals surface area contributed by atoms with Crippen molar-refractivity contribution in [2.45, 2.75) is 32.7 Å². The van der Waals surface area contributed by atoms with Gasteiger partial charge in [-0.2, -0.15) is 0 Å². The number of ketones is 1. The molecule has 0 heterocycles. The minimum atomic E-state index is -0.446. The molecule has 7 nitrogen and oxygen atoms in total. The van der Waals surface area contributed by atoms with Crippen LogP contribution in [0.25, 0.3) is 0 Å². The molecule has 0 spiro atoms. The molecule has 2 aromatic rings. The lowest BCUT2D eigenvalue weighted by molar-refractivity contribution is -0.384. The number of carbonyl (C=O) groups is 2. The summed E-state index contributed by atoms with van der Waals surface area (Å²) >= 11 is 0. The molecular weight excluding hydrogens is 360 g/mol. The van der Waals surface area contributed by atoms with E-state index in [2.05, 4.69) is 0 Å². The van der Waals surface area contributed by atoms with Crippen molar-refractivity contribution in [1.29, 1.82) is 0 Å². The maximum absolute atomic E-state index is 12.4. The molecule has 0 saturated carbocycles. The first kappa shape index (κ1) is 21.1. The van der Waals surface area contributed by atoms with Gasteiger partial charge in [-0.3, -0.25) is 19.7 Å². The van der Waals surface area contributed by atoms with Crippen molar-refractivity contribution in [3.05, 3.63) is 69.8 Å². The van der Waals surface area contributed by atoms with E-state index in [1.54, 1.807) is 48.3 Å². The van der Waals surface area contributed by atoms with Crippen LogP contribution in [0.3, 0.4) is 0 Å². The average Bonchev–Trinajstić information content (AvgIpc) is 2.70. The van der Waals surface area contributed by atoms with E-state index in [0.29, 0.717) is 36.3 Å². The number of ether oxygens (including phenoxy) is 1. The fourth-order valence-corrected chi connectivity index (χ4v) is 2.71. The molecule has 0 N–H and O–H groups in total. The molecule has 1 amide bonds. The predicted molar refractivity (Wildman–Crippen MR) is 105 cm³/mol. The molecule has 1 unspecified atom stereocenters. The standard InChI is InChI=1S/C21H24N2O5/c1-15(18-6-4-7-19(14-18)23(26)27)22(3)21(25)8-5-13-28-20-11-9-17(10-12-20)16(2)24/h4,6-7,9-12,14-15H,5,8,13H2,1-3H3. The van der Waals surface area contributed by atoms with Gasteiger partial charge in [-0.05, 0) is 50.1 Å². The summed E-state index contributed by atoms with van der Waals surface area (Å²) in [7, 11) is 1.69. The van der Waals surface area contributed by atoms with Crippen LogP contribution in [-0.2, 0) is 4.79 Å². The zero-order valence-electron chi connectivity index (χ0n) is 16.3. The van der Waals surface area contributed by atoms with Crippen LogP contribution in [0.2, 0.25) is 0 Å². The highest BCUT2D eigenvalue weighted by molar-refractivity contribution is 5.94. The van der Waals surface area contributed by atoms with Crippen molar-refractivity contribution < 1.29 is 19.2 Å². The van der Waals surface area contributed by atoms with Crippen LogP contribution in [0, 0.1) is 10.1 Å². The first-order valence-electron chi connectivity index (χ1n) is 9.03. The van der Waals surface area contributed by atoms with Crippen LogP contribution in [0.1, 0.15) is 48.7 Å². The van der Waals surface area contributed by atoms with Crippen LogP contribution in [0.5, 0.6) is 5.75 Å². The second-order valence-corrected chi connectivity index (χ2v) is 6.57. The quantitative estimate of drug-likeness (QED) is 0.280. The Morgan fingerprint density at radius 1 is 1.18 bits per heavy atom. The van der Waals surface area contributed by atoms with Gasteiger partial charge < -0.3 is 9.64 Å². The van der Waals surface area contributed by atoms with E-state index >= 15 is 0 Å². The summed E-state index contributed by atoms with van der Waals surface area (Å²) < 4.78 is 5.60. The van der Waals surface area contributed by atoms with Crippen molar-refractivity contribution in [2.24, 2.45) is 0 Å². The molecule has 28 heavy (non-hydrogen) atoms. The Morgan fingerprint density at radius 3 is 2.46 bits per heavy atom. The number of hydrogen-bond donors (Lipinski definition) is 0. The molecule has 2 aromatic carbocycles. The van der Waals surface area contributed by atoms with Crippen LogP contribution in [0.15, 0.2) is 48.5 Å². The van der Waals surface area contributed by atoms with Crippen molar-refractivity contribution >= 4 is 17.4 Å². The topological polar surface area (TPSA) is 89.8 Å². The summed E-state index contributed by atoms with van der Waals surface area (Å²) in [5.74, 6) is 0.586. The predicted octanol–water partition coefficient (Wildman–Crippen LogP) is 4.18. The summed E-state index contributed by atoms with van der Waals surface area (Å²) in [4.78, 5) is 35.7. The number of nitro groups is 1. The van der Waals surface area contributed by atoms with Gasteiger partial charge in [0.1, 0.15) is 5.75 Å². The first-order chi connectivity index (χ1) is 13.3. The SMILES string of the molecule is CC(=O)c1ccc(OCCCC(=O)N(C)C(C)c2cccc([N+](=O)[O-])c2)cc1. The Bertz CT molecular complexity index is 848. The highest BCUT2D eigenvalue weighted by Crippen LogP contribution is 2.23. The monoisotopic (exact) mass is 384 g/mol. The molecular formula is C21H24N2O5. The second-order valence-electron chi connectivity index (χ2n) is 6.57. The van der Waals surface area contributed by atoms with E-state index in [-0.39, 0.29) is 23.4 Å². The molecule has 0 bridgehead atoms. The molecule has 0 aliphatic rings. The van der Waals surface area contributed by atoms with Crippen molar-refractivity contribution in [2.75, 3.05) is 13.7 Å². The Morgan fingerprint density at radius 2 is 1.86 bits per heavy atom. The maximum atomic E-state index is 12.4. The Labute approximate surface area is 164 Å². The van der Waals surface area contributed by atoms with Gasteiger partial charge in [0.25, 0.3) is 5.69 Å². The summed E-state index contributed by atoms with van der Waals surface area (Å²) in [6, 6.07) is 12.9. The molecule has 148 valence electrons. The number of hydrogen-bond acceptors (Lipinski definition) is 5. The Kier molecular flexibility index (Phi) is 7.26. The first-order valence-corrected chi connectivity index (χ1v) is 9.03. The van der Waals surface area contributed by atoms with Gasteiger partial charge in [-0.15, -0.1) is 0 Å². The van der Waals surface area contributed by atoms with E-state index < -0.39 is 4.92 Å². The van der Waals surface area contributed by atoms with Crippen molar-refractivity contribution in [3.8, 4) is 5.75 Å². The minimum Gasteiger partial charge on any atom is -0.494 e. The van der Waals surface area contributed by atoms with Gasteiger partial charge in [0.05, 0.1) is 17.6 Å². The van der Waals surface area contributed by atoms with Gasteiger partial charge in [-0.1, -0.05) is 12.1 Å². The number of nitrogens with zero attached hydrogens (tertiary/aromatic N) is 2. The van der Waals surface area contributed by atoms with Gasteiger partial charge in [0.15, 0.2) is 5.78 Å². The van der Waals surface area contributed by atoms with Gasteiger partial charge in [0, 0.05) is 31.2 Å². The smallest absolute Gasteiger partial charge is 0.269 e. The van der Waals surface area contributed by atoms with E-state index in [1.807, 2.05) is 6.92 Å². The number of benzene rings is 2. The molecule has 1 atom stereocenters. The summed E-state index contributed by atoms with van der Waals surface area (Å²) in [6.07, 6.45) is 0.848. The average molecular weight is 384 g/mol. The third kappa shape index (κ3) is 5.64. The molecule has 0 fully saturated rings. The maximum Gasteiger partial charge on any atom is 0.269 e. The largest absolute Gasteiger partial charge is 0.494 e. The van der Waals surface area contributed by atoms with Crippen LogP contribution in [0.4, 0.5) is 5.69 Å². The normalized spacial score (nSPS) is 11.5. The highest BCUT2D eigenvalue weighted by Gasteiger charge is 2.19. The fourth-order valence-electron chi connectivity index (χ4n) is 2.71. The van der Waals surface area contributed by atoms with E-state index in [9.17, 15) is 19.7 Å². The highest BCUT2D eigenvalue weighted by atomic mass is 16.6. The van der Waals surface area contributed by atoms with Gasteiger partial charge in [-0.25, -0.2) is 0 Å². The molecule has 2 rings (SSSR count). The van der Waals surface area contributed by atoms with E-state index in [4.69, 9.17) is 4.74 Å². The Balaban J connectivity index is 1.82. The zero-order valence-corrected chi connectivity index (χ0v) is 16.3. The van der Waals surface area contributed by atoms with Crippen LogP contribution in [-0.4, -0.2) is 35.2 Å². The Hall–Kier alpha value is -3.22. The summed E-state index contributed by atoms with van der Waals surface area (Å²) in [5, 5.41) is 10.9. The molecule has 0 saturated heterocycles. The third-order valence-electron chi connectivity index (χ3n) is 4.60. The third-order valence-corrected chi connectivity index (χ3v) is 4.60. The lowest BCUT2D eigenvalue weighted by atomic mass is 10.1.